The quantitative estimate of drug-likeness (QED) is 0.615. The summed E-state index contributed by atoms with van der Waals surface area (Å²) in [6.07, 6.45) is 9.37. The number of hydrogen-bond acceptors (Lipinski definition) is 4. The molecule has 2 aromatic rings. The van der Waals surface area contributed by atoms with E-state index in [1.54, 1.807) is 6.33 Å². The Morgan fingerprint density at radius 1 is 1.25 bits per heavy atom. The van der Waals surface area contributed by atoms with E-state index in [2.05, 4.69) is 31.3 Å². The van der Waals surface area contributed by atoms with Crippen LogP contribution in [-0.2, 0) is 4.79 Å². The number of nitrogens with zero attached hydrogens (tertiary/aromatic N) is 5. The SMILES string of the molecule is CCCCCC(=O)N1C[C@H]2CC(n3cnc4c(Cl)ncnc43)[C@@H]1C2. The second-order valence-electron chi connectivity index (χ2n) is 6.96. The number of rotatable bonds is 5. The molecule has 0 aromatic carbocycles. The Balaban J connectivity index is 1.56. The molecule has 2 bridgehead atoms. The average Bonchev–Trinajstić information content (AvgIpc) is 3.28. The molecule has 1 saturated heterocycles. The largest absolute Gasteiger partial charge is 0.337 e. The molecule has 2 aliphatic rings. The number of halogens is 1. The van der Waals surface area contributed by atoms with Gasteiger partial charge in [-0.25, -0.2) is 15.0 Å². The highest BCUT2D eigenvalue weighted by atomic mass is 35.5. The van der Waals surface area contributed by atoms with Gasteiger partial charge < -0.3 is 9.47 Å². The van der Waals surface area contributed by atoms with E-state index in [1.165, 1.54) is 6.33 Å². The van der Waals surface area contributed by atoms with E-state index in [-0.39, 0.29) is 12.1 Å². The normalized spacial score (nSPS) is 25.8. The van der Waals surface area contributed by atoms with Crippen LogP contribution in [0, 0.1) is 5.92 Å². The fourth-order valence-corrected chi connectivity index (χ4v) is 4.49. The van der Waals surface area contributed by atoms with Crippen molar-refractivity contribution in [2.75, 3.05) is 6.54 Å². The van der Waals surface area contributed by atoms with Crippen LogP contribution in [0.25, 0.3) is 11.2 Å². The minimum atomic E-state index is 0.245. The minimum Gasteiger partial charge on any atom is -0.337 e. The number of aromatic nitrogens is 4. The van der Waals surface area contributed by atoms with Gasteiger partial charge in [0.1, 0.15) is 11.8 Å². The van der Waals surface area contributed by atoms with Crippen molar-refractivity contribution < 1.29 is 4.79 Å². The fraction of sp³-hybridized carbons (Fsp3) is 0.647. The maximum Gasteiger partial charge on any atom is 0.222 e. The van der Waals surface area contributed by atoms with Crippen LogP contribution in [-0.4, -0.2) is 42.9 Å². The van der Waals surface area contributed by atoms with Crippen LogP contribution in [0.15, 0.2) is 12.7 Å². The zero-order valence-electron chi connectivity index (χ0n) is 13.9. The number of fused-ring (bicyclic) bond motifs is 3. The lowest BCUT2D eigenvalue weighted by Crippen LogP contribution is -2.42. The number of carbonyl (C=O) groups is 1. The van der Waals surface area contributed by atoms with Crippen molar-refractivity contribution in [2.45, 2.75) is 57.5 Å². The van der Waals surface area contributed by atoms with E-state index in [9.17, 15) is 4.79 Å². The summed E-state index contributed by atoms with van der Waals surface area (Å²) < 4.78 is 2.10. The summed E-state index contributed by atoms with van der Waals surface area (Å²) >= 11 is 6.11. The zero-order valence-corrected chi connectivity index (χ0v) is 14.6. The number of amides is 1. The standard InChI is InChI=1S/C17H22ClN5O/c1-2-3-4-5-14(24)22-8-11-6-12(22)13(7-11)23-10-21-15-16(18)19-9-20-17(15)23/h9-13H,2-8H2,1H3/t11-,12+,13?/m1/s1. The zero-order chi connectivity index (χ0) is 16.7. The molecule has 1 amide bonds. The van der Waals surface area contributed by atoms with Gasteiger partial charge >= 0.3 is 0 Å². The molecule has 2 fully saturated rings. The van der Waals surface area contributed by atoms with E-state index < -0.39 is 0 Å². The molecule has 2 aromatic heterocycles. The highest BCUT2D eigenvalue weighted by molar-refractivity contribution is 6.33. The maximum atomic E-state index is 12.6. The van der Waals surface area contributed by atoms with Crippen molar-refractivity contribution in [1.82, 2.24) is 24.4 Å². The van der Waals surface area contributed by atoms with Crippen LogP contribution >= 0.6 is 11.6 Å². The molecule has 24 heavy (non-hydrogen) atoms. The van der Waals surface area contributed by atoms with E-state index in [1.807, 2.05) is 0 Å². The molecule has 1 saturated carbocycles. The Morgan fingerprint density at radius 2 is 2.08 bits per heavy atom. The van der Waals surface area contributed by atoms with Crippen molar-refractivity contribution >= 4 is 28.7 Å². The third-order valence-electron chi connectivity index (χ3n) is 5.43. The van der Waals surface area contributed by atoms with Gasteiger partial charge in [0.05, 0.1) is 18.4 Å². The summed E-state index contributed by atoms with van der Waals surface area (Å²) in [4.78, 5) is 27.4. The Bertz CT molecular complexity index is 761. The Morgan fingerprint density at radius 3 is 2.88 bits per heavy atom. The van der Waals surface area contributed by atoms with Gasteiger partial charge in [-0.15, -0.1) is 0 Å². The van der Waals surface area contributed by atoms with Crippen molar-refractivity contribution in [3.63, 3.8) is 0 Å². The van der Waals surface area contributed by atoms with Gasteiger partial charge in [0.2, 0.25) is 5.91 Å². The lowest BCUT2D eigenvalue weighted by molar-refractivity contribution is -0.133. The number of unbranched alkanes of at least 4 members (excludes halogenated alkanes) is 2. The van der Waals surface area contributed by atoms with Crippen molar-refractivity contribution in [1.29, 1.82) is 0 Å². The monoisotopic (exact) mass is 347 g/mol. The van der Waals surface area contributed by atoms with E-state index in [0.717, 1.165) is 44.3 Å². The first-order valence-electron chi connectivity index (χ1n) is 8.81. The number of imidazole rings is 1. The molecule has 1 aliphatic heterocycles. The van der Waals surface area contributed by atoms with Crippen LogP contribution in [0.4, 0.5) is 0 Å². The topological polar surface area (TPSA) is 63.9 Å². The molecule has 4 rings (SSSR count). The highest BCUT2D eigenvalue weighted by Gasteiger charge is 2.47. The lowest BCUT2D eigenvalue weighted by atomic mass is 10.0. The average molecular weight is 348 g/mol. The van der Waals surface area contributed by atoms with Gasteiger partial charge in [-0.2, -0.15) is 0 Å². The molecule has 6 nitrogen and oxygen atoms in total. The van der Waals surface area contributed by atoms with E-state index in [4.69, 9.17) is 11.6 Å². The summed E-state index contributed by atoms with van der Waals surface area (Å²) in [5.41, 5.74) is 1.41. The van der Waals surface area contributed by atoms with Gasteiger partial charge in [0.25, 0.3) is 0 Å². The maximum absolute atomic E-state index is 12.6. The summed E-state index contributed by atoms with van der Waals surface area (Å²) in [6.45, 7) is 3.07. The van der Waals surface area contributed by atoms with Gasteiger partial charge in [0, 0.05) is 13.0 Å². The summed E-state index contributed by atoms with van der Waals surface area (Å²) in [5.74, 6) is 0.891. The number of piperidine rings is 1. The third-order valence-corrected chi connectivity index (χ3v) is 5.71. The molecule has 3 atom stereocenters. The molecule has 0 N–H and O–H groups in total. The Kier molecular flexibility index (Phi) is 4.16. The molecule has 7 heteroatoms. The first-order chi connectivity index (χ1) is 11.7. The predicted octanol–water partition coefficient (Wildman–Crippen LogP) is 3.22. The first kappa shape index (κ1) is 15.8. The molecular formula is C17H22ClN5O. The number of carbonyl (C=O) groups excluding carboxylic acids is 1. The summed E-state index contributed by atoms with van der Waals surface area (Å²) in [6, 6.07) is 0.505. The van der Waals surface area contributed by atoms with Crippen LogP contribution < -0.4 is 0 Å². The van der Waals surface area contributed by atoms with E-state index >= 15 is 0 Å². The van der Waals surface area contributed by atoms with Crippen molar-refractivity contribution in [3.05, 3.63) is 17.8 Å². The van der Waals surface area contributed by atoms with Crippen LogP contribution in [0.2, 0.25) is 5.15 Å². The second-order valence-corrected chi connectivity index (χ2v) is 7.32. The number of likely N-dealkylation sites (tertiary alicyclic amines) is 1. The lowest BCUT2D eigenvalue weighted by Gasteiger charge is -2.34. The molecule has 128 valence electrons. The van der Waals surface area contributed by atoms with Gasteiger partial charge in [-0.05, 0) is 25.2 Å². The van der Waals surface area contributed by atoms with Crippen molar-refractivity contribution in [2.24, 2.45) is 5.92 Å². The molecule has 0 spiro atoms. The second kappa shape index (κ2) is 6.31. The smallest absolute Gasteiger partial charge is 0.222 e. The Labute approximate surface area is 146 Å². The fourth-order valence-electron chi connectivity index (χ4n) is 4.31. The summed E-state index contributed by atoms with van der Waals surface area (Å²) in [5, 5.41) is 0.384. The summed E-state index contributed by atoms with van der Waals surface area (Å²) in [7, 11) is 0. The molecular weight excluding hydrogens is 326 g/mol. The third kappa shape index (κ3) is 2.57. The molecule has 0 radical (unpaired) electrons. The highest BCUT2D eigenvalue weighted by Crippen LogP contribution is 2.45. The van der Waals surface area contributed by atoms with E-state index in [0.29, 0.717) is 28.9 Å². The van der Waals surface area contributed by atoms with Gasteiger partial charge in [0.15, 0.2) is 10.8 Å². The first-order valence-corrected chi connectivity index (χ1v) is 9.19. The molecule has 1 unspecified atom stereocenters. The molecule has 3 heterocycles. The van der Waals surface area contributed by atoms with Crippen LogP contribution in [0.1, 0.15) is 51.5 Å². The number of hydrogen-bond donors (Lipinski definition) is 0. The predicted molar refractivity (Wildman–Crippen MR) is 91.7 cm³/mol. The molecule has 1 aliphatic carbocycles. The minimum absolute atomic E-state index is 0.245. The van der Waals surface area contributed by atoms with Crippen molar-refractivity contribution in [3.8, 4) is 0 Å². The van der Waals surface area contributed by atoms with Crippen LogP contribution in [0.5, 0.6) is 0 Å². The van der Waals surface area contributed by atoms with Gasteiger partial charge in [-0.3, -0.25) is 4.79 Å². The Hall–Kier alpha value is -1.69. The van der Waals surface area contributed by atoms with Crippen LogP contribution in [0.3, 0.4) is 0 Å². The van der Waals surface area contributed by atoms with Gasteiger partial charge in [-0.1, -0.05) is 31.4 Å².